The number of nitrogens with zero attached hydrogens (tertiary/aromatic N) is 2. The van der Waals surface area contributed by atoms with Crippen LogP contribution in [0.25, 0.3) is 0 Å². The van der Waals surface area contributed by atoms with Gasteiger partial charge in [0.05, 0.1) is 10.9 Å². The molecule has 6 nitrogen and oxygen atoms in total. The normalized spacial score (nSPS) is 21.7. The molecule has 0 bridgehead atoms. The predicted octanol–water partition coefficient (Wildman–Crippen LogP) is 1.24. The Hall–Kier alpha value is -1.31. The van der Waals surface area contributed by atoms with Gasteiger partial charge < -0.3 is 10.9 Å². The van der Waals surface area contributed by atoms with Crippen molar-refractivity contribution in [2.24, 2.45) is 10.9 Å². The van der Waals surface area contributed by atoms with Gasteiger partial charge in [0.2, 0.25) is 10.0 Å². The molecule has 2 rings (SSSR count). The minimum atomic E-state index is -3.66. The molecule has 19 heavy (non-hydrogen) atoms. The highest BCUT2D eigenvalue weighted by atomic mass is 35.5. The monoisotopic (exact) mass is 303 g/mol. The fraction of sp³-hybridized carbons (Fsp3) is 0.364. The number of oxime groups is 1. The Morgan fingerprint density at radius 3 is 2.63 bits per heavy atom. The summed E-state index contributed by atoms with van der Waals surface area (Å²) in [6, 6.07) is 5.33. The third-order valence-electron chi connectivity index (χ3n) is 3.08. The largest absolute Gasteiger partial charge is 0.409 e. The van der Waals surface area contributed by atoms with Crippen molar-refractivity contribution in [1.82, 2.24) is 4.31 Å². The van der Waals surface area contributed by atoms with E-state index in [0.717, 1.165) is 0 Å². The van der Waals surface area contributed by atoms with Gasteiger partial charge in [0.1, 0.15) is 0 Å². The van der Waals surface area contributed by atoms with Crippen molar-refractivity contribution in [1.29, 1.82) is 0 Å². The minimum Gasteiger partial charge on any atom is -0.409 e. The first-order valence-electron chi connectivity index (χ1n) is 5.71. The van der Waals surface area contributed by atoms with E-state index in [1.54, 1.807) is 0 Å². The Kier molecular flexibility index (Phi) is 3.98. The van der Waals surface area contributed by atoms with E-state index < -0.39 is 16.1 Å². The molecule has 3 N–H and O–H groups in total. The lowest BCUT2D eigenvalue weighted by Crippen LogP contribution is -2.43. The highest BCUT2D eigenvalue weighted by Crippen LogP contribution is 2.26. The van der Waals surface area contributed by atoms with Crippen LogP contribution in [0.5, 0.6) is 0 Å². The highest BCUT2D eigenvalue weighted by molar-refractivity contribution is 7.89. The van der Waals surface area contributed by atoms with Crippen molar-refractivity contribution in [2.75, 3.05) is 6.54 Å². The van der Waals surface area contributed by atoms with E-state index in [4.69, 9.17) is 22.5 Å². The van der Waals surface area contributed by atoms with E-state index in [2.05, 4.69) is 5.16 Å². The standard InChI is InChI=1S/C11H14ClN3O3S/c12-8-3-5-9(6-4-8)19(17,18)15-7-1-2-10(15)11(13)14-16/h3-6,10,16H,1-2,7H2,(H2,13,14). The SMILES string of the molecule is NC(=NO)C1CCCN1S(=O)(=O)c1ccc(Cl)cc1. The lowest BCUT2D eigenvalue weighted by molar-refractivity contribution is 0.311. The summed E-state index contributed by atoms with van der Waals surface area (Å²) < 4.78 is 26.2. The molecule has 0 saturated carbocycles. The maximum atomic E-state index is 12.5. The molecule has 0 radical (unpaired) electrons. The van der Waals surface area contributed by atoms with Crippen LogP contribution in [0, 0.1) is 0 Å². The van der Waals surface area contributed by atoms with E-state index in [-0.39, 0.29) is 10.7 Å². The molecule has 0 aliphatic carbocycles. The third-order valence-corrected chi connectivity index (χ3v) is 5.26. The van der Waals surface area contributed by atoms with Crippen molar-refractivity contribution in [3.05, 3.63) is 29.3 Å². The molecule has 1 fully saturated rings. The van der Waals surface area contributed by atoms with E-state index in [1.807, 2.05) is 0 Å². The lowest BCUT2D eigenvalue weighted by atomic mass is 10.2. The van der Waals surface area contributed by atoms with E-state index in [9.17, 15) is 8.42 Å². The van der Waals surface area contributed by atoms with E-state index >= 15 is 0 Å². The van der Waals surface area contributed by atoms with Gasteiger partial charge in [-0.2, -0.15) is 4.31 Å². The van der Waals surface area contributed by atoms with Gasteiger partial charge in [-0.1, -0.05) is 16.8 Å². The summed E-state index contributed by atoms with van der Waals surface area (Å²) in [5.74, 6) is -0.0879. The predicted molar refractivity (Wildman–Crippen MR) is 71.8 cm³/mol. The zero-order valence-electron chi connectivity index (χ0n) is 10.0. The van der Waals surface area contributed by atoms with Gasteiger partial charge in [-0.3, -0.25) is 0 Å². The Balaban J connectivity index is 2.36. The molecular weight excluding hydrogens is 290 g/mol. The minimum absolute atomic E-state index is 0.0879. The zero-order chi connectivity index (χ0) is 14.0. The average Bonchev–Trinajstić information content (AvgIpc) is 2.88. The molecule has 0 amide bonds. The molecule has 1 atom stereocenters. The van der Waals surface area contributed by atoms with Gasteiger partial charge in [-0.15, -0.1) is 0 Å². The quantitative estimate of drug-likeness (QED) is 0.380. The van der Waals surface area contributed by atoms with Crippen LogP contribution in [0.4, 0.5) is 0 Å². The number of amidine groups is 1. The van der Waals surface area contributed by atoms with Crippen LogP contribution >= 0.6 is 11.6 Å². The third kappa shape index (κ3) is 2.68. The van der Waals surface area contributed by atoms with Crippen LogP contribution in [0.3, 0.4) is 0 Å². The van der Waals surface area contributed by atoms with E-state index in [1.165, 1.54) is 28.6 Å². The maximum absolute atomic E-state index is 12.5. The molecule has 1 unspecified atom stereocenters. The average molecular weight is 304 g/mol. The Morgan fingerprint density at radius 1 is 1.42 bits per heavy atom. The summed E-state index contributed by atoms with van der Waals surface area (Å²) in [4.78, 5) is 0.148. The van der Waals surface area contributed by atoms with Crippen LogP contribution in [-0.2, 0) is 10.0 Å². The summed E-state index contributed by atoms with van der Waals surface area (Å²) in [5, 5.41) is 12.1. The van der Waals surface area contributed by atoms with Crippen molar-refractivity contribution in [3.8, 4) is 0 Å². The zero-order valence-corrected chi connectivity index (χ0v) is 11.6. The summed E-state index contributed by atoms with van der Waals surface area (Å²) >= 11 is 5.74. The van der Waals surface area contributed by atoms with Gasteiger partial charge >= 0.3 is 0 Å². The molecule has 1 aliphatic rings. The number of halogens is 1. The Bertz CT molecular complexity index is 586. The second kappa shape index (κ2) is 5.36. The Morgan fingerprint density at radius 2 is 2.05 bits per heavy atom. The molecule has 8 heteroatoms. The molecular formula is C11H14ClN3O3S. The summed E-state index contributed by atoms with van der Waals surface area (Å²) in [6.45, 7) is 0.353. The van der Waals surface area contributed by atoms with Crippen molar-refractivity contribution < 1.29 is 13.6 Å². The molecule has 1 aromatic rings. The molecule has 0 aromatic heterocycles. The fourth-order valence-corrected chi connectivity index (χ4v) is 3.93. The van der Waals surface area contributed by atoms with Gasteiger partial charge in [0.25, 0.3) is 0 Å². The number of benzene rings is 1. The summed E-state index contributed by atoms with van der Waals surface area (Å²) in [5.41, 5.74) is 5.54. The first kappa shape index (κ1) is 14.1. The van der Waals surface area contributed by atoms with E-state index in [0.29, 0.717) is 24.4 Å². The maximum Gasteiger partial charge on any atom is 0.243 e. The highest BCUT2D eigenvalue weighted by Gasteiger charge is 2.37. The first-order valence-corrected chi connectivity index (χ1v) is 7.53. The van der Waals surface area contributed by atoms with Gasteiger partial charge in [0.15, 0.2) is 5.84 Å². The topological polar surface area (TPSA) is 96.0 Å². The Labute approximate surface area is 116 Å². The fourth-order valence-electron chi connectivity index (χ4n) is 2.13. The number of hydrogen-bond acceptors (Lipinski definition) is 4. The smallest absolute Gasteiger partial charge is 0.243 e. The molecule has 1 aromatic carbocycles. The van der Waals surface area contributed by atoms with Crippen LogP contribution in [-0.4, -0.2) is 36.4 Å². The second-order valence-corrected chi connectivity index (χ2v) is 6.58. The second-order valence-electron chi connectivity index (χ2n) is 4.25. The summed E-state index contributed by atoms with van der Waals surface area (Å²) in [6.07, 6.45) is 1.22. The molecule has 0 spiro atoms. The van der Waals surface area contributed by atoms with Crippen molar-refractivity contribution >= 4 is 27.5 Å². The number of sulfonamides is 1. The molecule has 1 saturated heterocycles. The van der Waals surface area contributed by atoms with Gasteiger partial charge in [-0.05, 0) is 37.1 Å². The van der Waals surface area contributed by atoms with Crippen molar-refractivity contribution in [2.45, 2.75) is 23.8 Å². The van der Waals surface area contributed by atoms with Gasteiger partial charge in [-0.25, -0.2) is 8.42 Å². The van der Waals surface area contributed by atoms with Crippen LogP contribution in [0.1, 0.15) is 12.8 Å². The molecule has 104 valence electrons. The number of hydrogen-bond donors (Lipinski definition) is 2. The lowest BCUT2D eigenvalue weighted by Gasteiger charge is -2.22. The molecule has 1 heterocycles. The van der Waals surface area contributed by atoms with Crippen LogP contribution < -0.4 is 5.73 Å². The van der Waals surface area contributed by atoms with Crippen LogP contribution in [0.2, 0.25) is 5.02 Å². The van der Waals surface area contributed by atoms with Gasteiger partial charge in [0, 0.05) is 11.6 Å². The first-order chi connectivity index (χ1) is 8.96. The van der Waals surface area contributed by atoms with Crippen LogP contribution in [0.15, 0.2) is 34.3 Å². The summed E-state index contributed by atoms with van der Waals surface area (Å²) in [7, 11) is -3.66. The van der Waals surface area contributed by atoms with Crippen molar-refractivity contribution in [3.63, 3.8) is 0 Å². The molecule has 1 aliphatic heterocycles. The number of nitrogens with two attached hydrogens (primary N) is 1. The number of rotatable bonds is 3.